The summed E-state index contributed by atoms with van der Waals surface area (Å²) in [6.45, 7) is 4.13. The summed E-state index contributed by atoms with van der Waals surface area (Å²) in [6.07, 6.45) is 4.37. The Morgan fingerprint density at radius 1 is 0.973 bits per heavy atom. The molecule has 2 heterocycles. The van der Waals surface area contributed by atoms with E-state index >= 15 is 0 Å². The van der Waals surface area contributed by atoms with E-state index in [1.54, 1.807) is 35.3 Å². The van der Waals surface area contributed by atoms with Crippen molar-refractivity contribution < 1.29 is 30.8 Å². The molecule has 12 nitrogen and oxygen atoms in total. The topological polar surface area (TPSA) is 155 Å². The highest BCUT2D eigenvalue weighted by atomic mass is 32.2. The number of fused-ring (bicyclic) bond motifs is 1. The first kappa shape index (κ1) is 26.4. The van der Waals surface area contributed by atoms with Crippen LogP contribution >= 0.6 is 0 Å². The van der Waals surface area contributed by atoms with Gasteiger partial charge >= 0.3 is 0 Å². The maximum atomic E-state index is 13.2. The van der Waals surface area contributed by atoms with Crippen LogP contribution in [0.15, 0.2) is 46.1 Å². The lowest BCUT2D eigenvalue weighted by molar-refractivity contribution is 0.402. The van der Waals surface area contributed by atoms with Crippen LogP contribution in [-0.2, 0) is 33.1 Å². The average molecular weight is 550 g/mol. The number of methoxy groups -OCH3 is 2. The minimum atomic E-state index is -4.07. The van der Waals surface area contributed by atoms with Crippen molar-refractivity contribution in [1.82, 2.24) is 19.7 Å². The van der Waals surface area contributed by atoms with Gasteiger partial charge in [-0.1, -0.05) is 5.16 Å². The molecule has 0 saturated heterocycles. The summed E-state index contributed by atoms with van der Waals surface area (Å²) in [4.78, 5) is -0.0234. The lowest BCUT2D eigenvalue weighted by Gasteiger charge is -2.13. The van der Waals surface area contributed by atoms with Crippen LogP contribution in [0, 0.1) is 13.8 Å². The van der Waals surface area contributed by atoms with Crippen LogP contribution in [0.3, 0.4) is 0 Å². The number of nitrogens with one attached hydrogen (secondary N) is 2. The first-order chi connectivity index (χ1) is 17.4. The minimum Gasteiger partial charge on any atom is -0.496 e. The van der Waals surface area contributed by atoms with Gasteiger partial charge < -0.3 is 14.0 Å². The van der Waals surface area contributed by atoms with Crippen LogP contribution in [0.2, 0.25) is 0 Å². The van der Waals surface area contributed by atoms with Crippen LogP contribution in [0.4, 0.5) is 5.82 Å². The molecule has 14 heteroatoms. The molecule has 0 unspecified atom stereocenters. The third kappa shape index (κ3) is 5.87. The number of aromatic nitrogens is 3. The Morgan fingerprint density at radius 3 is 2.35 bits per heavy atom. The first-order valence-electron chi connectivity index (χ1n) is 11.0. The summed E-state index contributed by atoms with van der Waals surface area (Å²) >= 11 is 0. The molecule has 4 rings (SSSR count). The Hall–Kier alpha value is -3.62. The van der Waals surface area contributed by atoms with Gasteiger partial charge in [0, 0.05) is 18.3 Å². The molecule has 0 aliphatic heterocycles. The number of hydrogen-bond donors (Lipinski definition) is 2. The molecule has 2 aromatic carbocycles. The van der Waals surface area contributed by atoms with E-state index in [1.165, 1.54) is 20.3 Å². The summed E-state index contributed by atoms with van der Waals surface area (Å²) in [5, 5.41) is 8.55. The van der Waals surface area contributed by atoms with Crippen LogP contribution in [0.25, 0.3) is 11.0 Å². The molecule has 0 fully saturated rings. The maximum Gasteiger partial charge on any atom is 0.266 e. The normalized spacial score (nSPS) is 12.1. The fourth-order valence-electron chi connectivity index (χ4n) is 3.71. The Morgan fingerprint density at radius 2 is 1.68 bits per heavy atom. The number of aryl methyl sites for hydroxylation is 2. The fraction of sp³-hybridized carbons (Fsp3) is 0.304. The molecular formula is C23H27N5O7S2. The molecule has 0 spiro atoms. The third-order valence-corrected chi connectivity index (χ3v) is 7.72. The van der Waals surface area contributed by atoms with Gasteiger partial charge in [0.05, 0.1) is 33.2 Å². The van der Waals surface area contributed by atoms with Crippen molar-refractivity contribution in [3.8, 4) is 11.5 Å². The zero-order valence-corrected chi connectivity index (χ0v) is 22.5. The van der Waals surface area contributed by atoms with Crippen molar-refractivity contribution in [2.75, 3.05) is 25.2 Å². The Bertz CT molecular complexity index is 1670. The number of hydrogen-bond acceptors (Lipinski definition) is 9. The van der Waals surface area contributed by atoms with Crippen LogP contribution < -0.4 is 18.9 Å². The number of benzene rings is 2. The highest BCUT2D eigenvalue weighted by molar-refractivity contribution is 7.92. The average Bonchev–Trinajstić information content (AvgIpc) is 3.44. The molecule has 0 saturated carbocycles. The molecule has 198 valence electrons. The van der Waals surface area contributed by atoms with E-state index in [-0.39, 0.29) is 23.0 Å². The van der Waals surface area contributed by atoms with Gasteiger partial charge in [0.25, 0.3) is 10.0 Å². The number of sulfonamides is 2. The second-order valence-corrected chi connectivity index (χ2v) is 12.0. The largest absolute Gasteiger partial charge is 0.496 e. The molecule has 2 aromatic heterocycles. The van der Waals surface area contributed by atoms with Crippen molar-refractivity contribution >= 4 is 36.8 Å². The van der Waals surface area contributed by atoms with Gasteiger partial charge in [0.15, 0.2) is 11.4 Å². The smallest absolute Gasteiger partial charge is 0.266 e. The van der Waals surface area contributed by atoms with Gasteiger partial charge in [-0.15, -0.1) is 0 Å². The van der Waals surface area contributed by atoms with Gasteiger partial charge in [-0.05, 0) is 54.8 Å². The molecule has 0 atom stereocenters. The Kier molecular flexibility index (Phi) is 7.17. The van der Waals surface area contributed by atoms with Crippen LogP contribution in [0.1, 0.15) is 22.3 Å². The quantitative estimate of drug-likeness (QED) is 0.304. The van der Waals surface area contributed by atoms with Crippen LogP contribution in [-0.4, -0.2) is 52.2 Å². The highest BCUT2D eigenvalue weighted by Gasteiger charge is 2.25. The maximum absolute atomic E-state index is 13.2. The predicted octanol–water partition coefficient (Wildman–Crippen LogP) is 2.56. The summed E-state index contributed by atoms with van der Waals surface area (Å²) in [7, 11) is -4.53. The monoisotopic (exact) mass is 549 g/mol. The second-order valence-electron chi connectivity index (χ2n) is 8.53. The van der Waals surface area contributed by atoms with Crippen molar-refractivity contribution in [3.05, 3.63) is 58.9 Å². The SMILES string of the molecule is COc1cc(C)c(C)cc1S(=O)(=O)Nc1noc2cc(Cn3cc(CNS(C)(=O)=O)cn3)cc(OC)c12. The summed E-state index contributed by atoms with van der Waals surface area (Å²) in [6, 6.07) is 6.63. The van der Waals surface area contributed by atoms with E-state index in [0.717, 1.165) is 22.9 Å². The van der Waals surface area contributed by atoms with Gasteiger partial charge in [-0.3, -0.25) is 9.40 Å². The first-order valence-corrected chi connectivity index (χ1v) is 14.4. The molecule has 37 heavy (non-hydrogen) atoms. The summed E-state index contributed by atoms with van der Waals surface area (Å²) in [5.41, 5.74) is 3.44. The highest BCUT2D eigenvalue weighted by Crippen LogP contribution is 2.36. The van der Waals surface area contributed by atoms with Crippen molar-refractivity contribution in [1.29, 1.82) is 0 Å². The molecule has 0 bridgehead atoms. The van der Waals surface area contributed by atoms with E-state index in [0.29, 0.717) is 28.8 Å². The minimum absolute atomic E-state index is 0.0214. The number of rotatable bonds is 10. The van der Waals surface area contributed by atoms with Gasteiger partial charge in [0.1, 0.15) is 21.8 Å². The molecule has 0 amide bonds. The van der Waals surface area contributed by atoms with Crippen molar-refractivity contribution in [2.24, 2.45) is 0 Å². The number of anilines is 1. The second kappa shape index (κ2) is 10.0. The zero-order chi connectivity index (χ0) is 27.0. The van der Waals surface area contributed by atoms with Crippen molar-refractivity contribution in [3.63, 3.8) is 0 Å². The molecule has 0 aliphatic rings. The van der Waals surface area contributed by atoms with Gasteiger partial charge in [0.2, 0.25) is 10.0 Å². The third-order valence-electron chi connectivity index (χ3n) is 5.69. The molecule has 0 aliphatic carbocycles. The molecule has 2 N–H and O–H groups in total. The summed E-state index contributed by atoms with van der Waals surface area (Å²) in [5.74, 6) is 0.541. The lowest BCUT2D eigenvalue weighted by atomic mass is 10.1. The van der Waals surface area contributed by atoms with E-state index in [1.807, 2.05) is 13.8 Å². The van der Waals surface area contributed by atoms with E-state index < -0.39 is 20.0 Å². The van der Waals surface area contributed by atoms with E-state index in [9.17, 15) is 16.8 Å². The summed E-state index contributed by atoms with van der Waals surface area (Å²) < 4.78 is 71.9. The number of ether oxygens (including phenoxy) is 2. The Labute approximate surface area is 214 Å². The zero-order valence-electron chi connectivity index (χ0n) is 20.9. The van der Waals surface area contributed by atoms with E-state index in [4.69, 9.17) is 14.0 Å². The van der Waals surface area contributed by atoms with Gasteiger partial charge in [-0.2, -0.15) is 5.10 Å². The van der Waals surface area contributed by atoms with Gasteiger partial charge in [-0.25, -0.2) is 21.6 Å². The lowest BCUT2D eigenvalue weighted by Crippen LogP contribution is -2.20. The molecule has 0 radical (unpaired) electrons. The van der Waals surface area contributed by atoms with Crippen molar-refractivity contribution in [2.45, 2.75) is 31.8 Å². The standard InChI is InChI=1S/C23H27N5O7S2/c1-14-6-18(33-3)21(7-15(14)2)37(31,32)27-23-22-19(34-4)8-16(9-20(22)35-26-23)12-28-13-17(10-24-28)11-25-36(5,29)30/h6-10,13,25H,11-12H2,1-5H3,(H,26,27). The molecule has 4 aromatic rings. The predicted molar refractivity (Wildman–Crippen MR) is 137 cm³/mol. The van der Waals surface area contributed by atoms with E-state index in [2.05, 4.69) is 19.7 Å². The fourth-order valence-corrected chi connectivity index (χ4v) is 5.38. The molecular weight excluding hydrogens is 522 g/mol. The Balaban J connectivity index is 1.63. The van der Waals surface area contributed by atoms with Crippen LogP contribution in [0.5, 0.6) is 11.5 Å². The number of nitrogens with zero attached hydrogens (tertiary/aromatic N) is 3.